The number of rotatable bonds is 4. The Hall–Kier alpha value is -2.44. The fourth-order valence-electron chi connectivity index (χ4n) is 2.70. The van der Waals surface area contributed by atoms with E-state index >= 15 is 0 Å². The molecule has 0 aliphatic heterocycles. The molecule has 1 saturated carbocycles. The molecular weight excluding hydrogens is 270 g/mol. The molecule has 0 unspecified atom stereocenters. The van der Waals surface area contributed by atoms with E-state index < -0.39 is 0 Å². The number of esters is 1. The van der Waals surface area contributed by atoms with Gasteiger partial charge in [0, 0.05) is 6.04 Å². The molecule has 2 aromatic rings. The molecule has 3 rings (SSSR count). The summed E-state index contributed by atoms with van der Waals surface area (Å²) in [5.74, 6) is 0.423. The SMILES string of the molecule is COC(=O)[C@H]1CC[C@@H](Nc2nnnn2-c2ccccc2)C1. The van der Waals surface area contributed by atoms with Crippen LogP contribution in [-0.4, -0.2) is 39.3 Å². The Morgan fingerprint density at radius 3 is 2.90 bits per heavy atom. The van der Waals surface area contributed by atoms with Crippen LogP contribution in [0.4, 0.5) is 5.95 Å². The van der Waals surface area contributed by atoms with Crippen LogP contribution >= 0.6 is 0 Å². The van der Waals surface area contributed by atoms with Gasteiger partial charge in [0.1, 0.15) is 0 Å². The highest BCUT2D eigenvalue weighted by Crippen LogP contribution is 2.28. The summed E-state index contributed by atoms with van der Waals surface area (Å²) < 4.78 is 6.46. The van der Waals surface area contributed by atoms with E-state index in [0.29, 0.717) is 5.95 Å². The number of nitrogens with zero attached hydrogens (tertiary/aromatic N) is 4. The molecule has 1 aliphatic rings. The van der Waals surface area contributed by atoms with Crippen molar-refractivity contribution in [3.63, 3.8) is 0 Å². The van der Waals surface area contributed by atoms with E-state index in [9.17, 15) is 4.79 Å². The van der Waals surface area contributed by atoms with Crippen molar-refractivity contribution in [2.45, 2.75) is 25.3 Å². The van der Waals surface area contributed by atoms with E-state index in [2.05, 4.69) is 20.8 Å². The summed E-state index contributed by atoms with van der Waals surface area (Å²) in [6.07, 6.45) is 2.48. The molecule has 1 heterocycles. The zero-order valence-electron chi connectivity index (χ0n) is 11.8. The zero-order valence-corrected chi connectivity index (χ0v) is 11.8. The van der Waals surface area contributed by atoms with Crippen LogP contribution in [0.1, 0.15) is 19.3 Å². The van der Waals surface area contributed by atoms with Gasteiger partial charge in [0.2, 0.25) is 5.95 Å². The van der Waals surface area contributed by atoms with Gasteiger partial charge in [-0.15, -0.1) is 0 Å². The van der Waals surface area contributed by atoms with Crippen molar-refractivity contribution in [2.24, 2.45) is 5.92 Å². The van der Waals surface area contributed by atoms with Crippen molar-refractivity contribution in [1.29, 1.82) is 0 Å². The van der Waals surface area contributed by atoms with Crippen LogP contribution in [0.5, 0.6) is 0 Å². The summed E-state index contributed by atoms with van der Waals surface area (Å²) in [7, 11) is 1.43. The zero-order chi connectivity index (χ0) is 14.7. The molecule has 0 saturated heterocycles. The average Bonchev–Trinajstić information content (AvgIpc) is 3.17. The minimum Gasteiger partial charge on any atom is -0.469 e. The van der Waals surface area contributed by atoms with Crippen LogP contribution in [-0.2, 0) is 9.53 Å². The minimum absolute atomic E-state index is 0.0337. The third-order valence-corrected chi connectivity index (χ3v) is 3.77. The lowest BCUT2D eigenvalue weighted by atomic mass is 10.1. The summed E-state index contributed by atoms with van der Waals surface area (Å²) in [5.41, 5.74) is 0.896. The first-order valence-corrected chi connectivity index (χ1v) is 6.96. The van der Waals surface area contributed by atoms with E-state index in [-0.39, 0.29) is 17.9 Å². The number of nitrogens with one attached hydrogen (secondary N) is 1. The molecule has 7 nitrogen and oxygen atoms in total. The van der Waals surface area contributed by atoms with Crippen molar-refractivity contribution < 1.29 is 9.53 Å². The standard InChI is InChI=1S/C14H17N5O2/c1-21-13(20)10-7-8-11(9-10)15-14-16-17-18-19(14)12-5-3-2-4-6-12/h2-6,10-11H,7-9H2,1H3,(H,15,16,18)/t10-,11+/m0/s1. The molecule has 0 radical (unpaired) electrons. The summed E-state index contributed by atoms with van der Waals surface area (Å²) in [6, 6.07) is 9.87. The number of anilines is 1. The number of benzene rings is 1. The lowest BCUT2D eigenvalue weighted by Gasteiger charge is -2.13. The lowest BCUT2D eigenvalue weighted by Crippen LogP contribution is -2.21. The highest BCUT2D eigenvalue weighted by molar-refractivity contribution is 5.72. The van der Waals surface area contributed by atoms with Crippen LogP contribution in [0.15, 0.2) is 30.3 Å². The number of hydrogen-bond donors (Lipinski definition) is 1. The highest BCUT2D eigenvalue weighted by atomic mass is 16.5. The number of ether oxygens (including phenoxy) is 1. The quantitative estimate of drug-likeness (QED) is 0.856. The van der Waals surface area contributed by atoms with Gasteiger partial charge in [-0.25, -0.2) is 0 Å². The predicted molar refractivity (Wildman–Crippen MR) is 75.9 cm³/mol. The number of methoxy groups -OCH3 is 1. The van der Waals surface area contributed by atoms with Crippen LogP contribution in [0.3, 0.4) is 0 Å². The number of carbonyl (C=O) groups excluding carboxylic acids is 1. The molecule has 1 fully saturated rings. The second-order valence-corrected chi connectivity index (χ2v) is 5.12. The van der Waals surface area contributed by atoms with Gasteiger partial charge in [0.15, 0.2) is 0 Å². The first-order valence-electron chi connectivity index (χ1n) is 6.96. The number of tetrazole rings is 1. The molecule has 1 aromatic carbocycles. The first kappa shape index (κ1) is 13.5. The van der Waals surface area contributed by atoms with E-state index in [1.165, 1.54) is 7.11 Å². The highest BCUT2D eigenvalue weighted by Gasteiger charge is 2.31. The maximum absolute atomic E-state index is 11.6. The van der Waals surface area contributed by atoms with Crippen molar-refractivity contribution in [1.82, 2.24) is 20.2 Å². The largest absolute Gasteiger partial charge is 0.469 e. The fraction of sp³-hybridized carbons (Fsp3) is 0.429. The van der Waals surface area contributed by atoms with Gasteiger partial charge < -0.3 is 10.1 Å². The van der Waals surface area contributed by atoms with Gasteiger partial charge in [-0.05, 0) is 41.8 Å². The molecule has 2 atom stereocenters. The maximum atomic E-state index is 11.6. The average molecular weight is 287 g/mol. The van der Waals surface area contributed by atoms with Gasteiger partial charge in [-0.1, -0.05) is 23.3 Å². The Kier molecular flexibility index (Phi) is 3.81. The molecule has 7 heteroatoms. The Morgan fingerprint density at radius 1 is 1.33 bits per heavy atom. The van der Waals surface area contributed by atoms with Crippen molar-refractivity contribution >= 4 is 11.9 Å². The molecule has 21 heavy (non-hydrogen) atoms. The summed E-state index contributed by atoms with van der Waals surface area (Å²) in [4.78, 5) is 11.6. The predicted octanol–water partition coefficient (Wildman–Crippen LogP) is 1.42. The molecule has 0 spiro atoms. The van der Waals surface area contributed by atoms with E-state index in [4.69, 9.17) is 4.74 Å². The van der Waals surface area contributed by atoms with E-state index in [1.54, 1.807) is 4.68 Å². The van der Waals surface area contributed by atoms with E-state index in [1.807, 2.05) is 30.3 Å². The molecule has 0 amide bonds. The second-order valence-electron chi connectivity index (χ2n) is 5.12. The van der Waals surface area contributed by atoms with Crippen molar-refractivity contribution in [3.05, 3.63) is 30.3 Å². The van der Waals surface area contributed by atoms with Gasteiger partial charge >= 0.3 is 5.97 Å². The first-order chi connectivity index (χ1) is 10.3. The molecule has 0 bridgehead atoms. The maximum Gasteiger partial charge on any atom is 0.308 e. The smallest absolute Gasteiger partial charge is 0.308 e. The number of para-hydroxylation sites is 1. The van der Waals surface area contributed by atoms with Gasteiger partial charge in [-0.3, -0.25) is 4.79 Å². The topological polar surface area (TPSA) is 81.9 Å². The van der Waals surface area contributed by atoms with Crippen molar-refractivity contribution in [2.75, 3.05) is 12.4 Å². The molecule has 1 N–H and O–H groups in total. The normalized spacial score (nSPS) is 21.2. The molecule has 110 valence electrons. The Balaban J connectivity index is 1.70. The van der Waals surface area contributed by atoms with Crippen molar-refractivity contribution in [3.8, 4) is 5.69 Å². The van der Waals surface area contributed by atoms with E-state index in [0.717, 1.165) is 24.9 Å². The summed E-state index contributed by atoms with van der Waals surface area (Å²) in [5, 5.41) is 15.1. The molecular formula is C14H17N5O2. The Morgan fingerprint density at radius 2 is 2.14 bits per heavy atom. The van der Waals surface area contributed by atoms with Crippen LogP contribution in [0.2, 0.25) is 0 Å². The van der Waals surface area contributed by atoms with Gasteiger partial charge in [0.05, 0.1) is 18.7 Å². The van der Waals surface area contributed by atoms with Crippen LogP contribution in [0, 0.1) is 5.92 Å². The number of hydrogen-bond acceptors (Lipinski definition) is 6. The van der Waals surface area contributed by atoms with Crippen LogP contribution in [0.25, 0.3) is 5.69 Å². The summed E-state index contributed by atoms with van der Waals surface area (Å²) >= 11 is 0. The van der Waals surface area contributed by atoms with Crippen LogP contribution < -0.4 is 5.32 Å². The lowest BCUT2D eigenvalue weighted by molar-refractivity contribution is -0.145. The van der Waals surface area contributed by atoms with Gasteiger partial charge in [-0.2, -0.15) is 4.68 Å². The minimum atomic E-state index is -0.137. The van der Waals surface area contributed by atoms with Gasteiger partial charge in [0.25, 0.3) is 0 Å². The number of carbonyl (C=O) groups is 1. The third kappa shape index (κ3) is 2.86. The molecule has 1 aliphatic carbocycles. The summed E-state index contributed by atoms with van der Waals surface area (Å²) in [6.45, 7) is 0. The second kappa shape index (κ2) is 5.90. The third-order valence-electron chi connectivity index (χ3n) is 3.77. The number of aromatic nitrogens is 4. The Bertz CT molecular complexity index is 613. The molecule has 1 aromatic heterocycles. The Labute approximate surface area is 122 Å². The monoisotopic (exact) mass is 287 g/mol. The fourth-order valence-corrected chi connectivity index (χ4v) is 2.70.